The Morgan fingerprint density at radius 2 is 1.66 bits per heavy atom. The van der Waals surface area contributed by atoms with Gasteiger partial charge in [0, 0.05) is 22.9 Å². The van der Waals surface area contributed by atoms with Crippen LogP contribution in [0, 0.1) is 5.82 Å². The molecule has 3 aromatic carbocycles. The van der Waals surface area contributed by atoms with Crippen LogP contribution in [0.15, 0.2) is 97.3 Å². The summed E-state index contributed by atoms with van der Waals surface area (Å²) < 4.78 is 21.4. The molecular weight excluding hydrogens is 405 g/mol. The van der Waals surface area contributed by atoms with Crippen LogP contribution in [0.5, 0.6) is 11.5 Å². The van der Waals surface area contributed by atoms with Crippen molar-refractivity contribution in [2.45, 2.75) is 0 Å². The van der Waals surface area contributed by atoms with Gasteiger partial charge in [-0.15, -0.1) is 0 Å². The second kappa shape index (κ2) is 8.35. The van der Waals surface area contributed by atoms with E-state index in [9.17, 15) is 9.18 Å². The van der Waals surface area contributed by atoms with E-state index in [4.69, 9.17) is 4.74 Å². The monoisotopic (exact) mass is 423 g/mol. The lowest BCUT2D eigenvalue weighted by Gasteiger charge is -2.14. The van der Waals surface area contributed by atoms with Gasteiger partial charge in [-0.25, -0.2) is 9.37 Å². The molecule has 5 aromatic rings. The molecule has 0 atom stereocenters. The molecule has 0 bridgehead atoms. The lowest BCUT2D eigenvalue weighted by atomic mass is 10.1. The first-order chi connectivity index (χ1) is 15.7. The Labute approximate surface area is 183 Å². The van der Waals surface area contributed by atoms with E-state index < -0.39 is 0 Å². The predicted molar refractivity (Wildman–Crippen MR) is 122 cm³/mol. The number of halogens is 1. The molecule has 32 heavy (non-hydrogen) atoms. The predicted octanol–water partition coefficient (Wildman–Crippen LogP) is 6.17. The Kier molecular flexibility index (Phi) is 5.09. The number of imidazole rings is 1. The van der Waals surface area contributed by atoms with E-state index in [-0.39, 0.29) is 5.82 Å². The summed E-state index contributed by atoms with van der Waals surface area (Å²) in [4.78, 5) is 15.8. The number of ether oxygens (including phenoxy) is 1. The second-order valence-corrected chi connectivity index (χ2v) is 7.16. The summed E-state index contributed by atoms with van der Waals surface area (Å²) in [5.41, 5.74) is 4.40. The van der Waals surface area contributed by atoms with Gasteiger partial charge in [-0.1, -0.05) is 36.4 Å². The number of anilines is 1. The minimum atomic E-state index is -0.307. The van der Waals surface area contributed by atoms with Gasteiger partial charge in [0.15, 0.2) is 5.65 Å². The van der Waals surface area contributed by atoms with Crippen molar-refractivity contribution < 1.29 is 13.9 Å². The minimum absolute atomic E-state index is 0.307. The van der Waals surface area contributed by atoms with Crippen molar-refractivity contribution in [1.29, 1.82) is 0 Å². The summed E-state index contributed by atoms with van der Waals surface area (Å²) in [6.07, 6.45) is 4.26. The number of carbonyl (C=O) groups excluding carboxylic acids is 1. The van der Waals surface area contributed by atoms with Crippen LogP contribution < -0.4 is 10.1 Å². The van der Waals surface area contributed by atoms with Crippen molar-refractivity contribution in [1.82, 2.24) is 9.38 Å². The van der Waals surface area contributed by atoms with Crippen LogP contribution in [-0.2, 0) is 4.79 Å². The zero-order valence-electron chi connectivity index (χ0n) is 16.9. The molecule has 0 saturated carbocycles. The highest BCUT2D eigenvalue weighted by molar-refractivity contribution is 5.87. The highest BCUT2D eigenvalue weighted by atomic mass is 19.1. The molecule has 1 amide bonds. The van der Waals surface area contributed by atoms with Crippen molar-refractivity contribution in [2.75, 3.05) is 5.32 Å². The number of benzene rings is 3. The Balaban J connectivity index is 1.67. The van der Waals surface area contributed by atoms with Crippen molar-refractivity contribution in [2.24, 2.45) is 0 Å². The molecule has 0 fully saturated rings. The first-order valence-electron chi connectivity index (χ1n) is 10.0. The lowest BCUT2D eigenvalue weighted by Crippen LogP contribution is -2.00. The number of para-hydroxylation sites is 2. The third-order valence-corrected chi connectivity index (χ3v) is 5.13. The van der Waals surface area contributed by atoms with Crippen molar-refractivity contribution in [3.63, 3.8) is 0 Å². The SMILES string of the molecule is O=CNc1cc(-c2ccccc2Oc2ccccc2)cn2c(-c3ccc(F)cc3)cnc12. The molecule has 5 nitrogen and oxygen atoms in total. The second-order valence-electron chi connectivity index (χ2n) is 7.16. The number of aromatic nitrogens is 2. The summed E-state index contributed by atoms with van der Waals surface area (Å²) in [5.74, 6) is 1.10. The average molecular weight is 423 g/mol. The van der Waals surface area contributed by atoms with Crippen molar-refractivity contribution in [3.8, 4) is 33.9 Å². The highest BCUT2D eigenvalue weighted by Crippen LogP contribution is 2.36. The normalized spacial score (nSPS) is 10.8. The molecule has 0 spiro atoms. The van der Waals surface area contributed by atoms with Gasteiger partial charge in [-0.3, -0.25) is 9.20 Å². The smallest absolute Gasteiger partial charge is 0.211 e. The first-order valence-corrected chi connectivity index (χ1v) is 10.0. The molecule has 5 rings (SSSR count). The fraction of sp³-hybridized carbons (Fsp3) is 0. The largest absolute Gasteiger partial charge is 0.457 e. The van der Waals surface area contributed by atoms with Gasteiger partial charge in [0.2, 0.25) is 6.41 Å². The van der Waals surface area contributed by atoms with E-state index in [0.717, 1.165) is 28.1 Å². The van der Waals surface area contributed by atoms with E-state index in [1.54, 1.807) is 18.3 Å². The molecular formula is C26H18FN3O2. The number of fused-ring (bicyclic) bond motifs is 1. The van der Waals surface area contributed by atoms with Crippen LogP contribution in [0.25, 0.3) is 28.0 Å². The molecule has 2 heterocycles. The van der Waals surface area contributed by atoms with Gasteiger partial charge in [0.05, 0.1) is 17.6 Å². The molecule has 0 aliphatic heterocycles. The molecule has 156 valence electrons. The van der Waals surface area contributed by atoms with E-state index in [2.05, 4.69) is 10.3 Å². The number of nitrogens with zero attached hydrogens (tertiary/aromatic N) is 2. The van der Waals surface area contributed by atoms with E-state index >= 15 is 0 Å². The third-order valence-electron chi connectivity index (χ3n) is 5.13. The van der Waals surface area contributed by atoms with Crippen LogP contribution in [0.3, 0.4) is 0 Å². The highest BCUT2D eigenvalue weighted by Gasteiger charge is 2.15. The van der Waals surface area contributed by atoms with Gasteiger partial charge in [-0.2, -0.15) is 0 Å². The average Bonchev–Trinajstić information content (AvgIpc) is 3.25. The van der Waals surface area contributed by atoms with Gasteiger partial charge >= 0.3 is 0 Å². The molecule has 6 heteroatoms. The maximum absolute atomic E-state index is 13.4. The van der Waals surface area contributed by atoms with Crippen LogP contribution >= 0.6 is 0 Å². The van der Waals surface area contributed by atoms with Crippen LogP contribution in [0.1, 0.15) is 0 Å². The maximum atomic E-state index is 13.4. The number of carbonyl (C=O) groups is 1. The summed E-state index contributed by atoms with van der Waals surface area (Å²) >= 11 is 0. The fourth-order valence-corrected chi connectivity index (χ4v) is 3.65. The Morgan fingerprint density at radius 1 is 0.906 bits per heavy atom. The summed E-state index contributed by atoms with van der Waals surface area (Å²) in [7, 11) is 0. The van der Waals surface area contributed by atoms with Crippen LogP contribution in [0.4, 0.5) is 10.1 Å². The minimum Gasteiger partial charge on any atom is -0.457 e. The van der Waals surface area contributed by atoms with E-state index in [0.29, 0.717) is 23.5 Å². The molecule has 0 aliphatic carbocycles. The fourth-order valence-electron chi connectivity index (χ4n) is 3.65. The lowest BCUT2D eigenvalue weighted by molar-refractivity contribution is -0.105. The molecule has 2 aromatic heterocycles. The summed E-state index contributed by atoms with van der Waals surface area (Å²) in [6.45, 7) is 0. The Hall–Kier alpha value is -4.45. The third kappa shape index (κ3) is 3.70. The number of hydrogen-bond donors (Lipinski definition) is 1. The number of rotatable bonds is 6. The quantitative estimate of drug-likeness (QED) is 0.332. The van der Waals surface area contributed by atoms with Crippen LogP contribution in [-0.4, -0.2) is 15.8 Å². The molecule has 1 N–H and O–H groups in total. The molecule has 0 aliphatic rings. The first kappa shape index (κ1) is 19.5. The number of amides is 1. The zero-order valence-corrected chi connectivity index (χ0v) is 16.9. The topological polar surface area (TPSA) is 55.6 Å². The van der Waals surface area contributed by atoms with Gasteiger partial charge < -0.3 is 10.1 Å². The summed E-state index contributed by atoms with van der Waals surface area (Å²) in [5, 5.41) is 2.74. The summed E-state index contributed by atoms with van der Waals surface area (Å²) in [6, 6.07) is 25.3. The molecule has 0 saturated heterocycles. The van der Waals surface area contributed by atoms with Gasteiger partial charge in [-0.05, 0) is 48.5 Å². The number of hydrogen-bond acceptors (Lipinski definition) is 3. The van der Waals surface area contributed by atoms with E-state index in [1.165, 1.54) is 12.1 Å². The van der Waals surface area contributed by atoms with Crippen molar-refractivity contribution in [3.05, 3.63) is 103 Å². The maximum Gasteiger partial charge on any atom is 0.211 e. The molecule has 0 unspecified atom stereocenters. The van der Waals surface area contributed by atoms with E-state index in [1.807, 2.05) is 71.3 Å². The van der Waals surface area contributed by atoms with Crippen LogP contribution in [0.2, 0.25) is 0 Å². The van der Waals surface area contributed by atoms with Gasteiger partial charge in [0.1, 0.15) is 17.3 Å². The van der Waals surface area contributed by atoms with Gasteiger partial charge in [0.25, 0.3) is 0 Å². The van der Waals surface area contributed by atoms with Crippen molar-refractivity contribution >= 4 is 17.7 Å². The standard InChI is InChI=1S/C26H18FN3O2/c27-20-12-10-18(11-13-20)24-15-28-26-23(29-17-31)14-19(16-30(24)26)22-8-4-5-9-25(22)32-21-6-2-1-3-7-21/h1-17H,(H,29,31). The Bertz CT molecular complexity index is 1400. The zero-order chi connectivity index (χ0) is 21.9. The molecule has 0 radical (unpaired) electrons. The number of nitrogens with one attached hydrogen (secondary N) is 1. The Morgan fingerprint density at radius 3 is 2.44 bits per heavy atom. The number of pyridine rings is 1.